The van der Waals surface area contributed by atoms with Gasteiger partial charge in [-0.1, -0.05) is 42.5 Å². The highest BCUT2D eigenvalue weighted by Crippen LogP contribution is 2.24. The molecule has 0 saturated carbocycles. The van der Waals surface area contributed by atoms with Gasteiger partial charge in [-0.05, 0) is 71.0 Å². The van der Waals surface area contributed by atoms with E-state index < -0.39 is 5.97 Å². The Morgan fingerprint density at radius 1 is 0.939 bits per heavy atom. The van der Waals surface area contributed by atoms with E-state index in [1.54, 1.807) is 42.7 Å². The van der Waals surface area contributed by atoms with Crippen molar-refractivity contribution in [1.29, 1.82) is 0 Å². The summed E-state index contributed by atoms with van der Waals surface area (Å²) < 4.78 is 26.6. The minimum absolute atomic E-state index is 0.224. The third-order valence-electron chi connectivity index (χ3n) is 5.43. The van der Waals surface area contributed by atoms with Crippen molar-refractivity contribution in [2.75, 3.05) is 0 Å². The fourth-order valence-electron chi connectivity index (χ4n) is 3.71. The second-order valence-electron chi connectivity index (χ2n) is 7.74. The molecule has 0 saturated heterocycles. The van der Waals surface area contributed by atoms with Gasteiger partial charge in [0.15, 0.2) is 0 Å². The van der Waals surface area contributed by atoms with Gasteiger partial charge in [0.05, 0.1) is 5.56 Å². The number of allylic oxidation sites excluding steroid dienone is 1. The average Bonchev–Trinajstić information content (AvgIpc) is 3.32. The van der Waals surface area contributed by atoms with Crippen LogP contribution in [0.2, 0.25) is 0 Å². The number of benzene rings is 3. The first-order valence-corrected chi connectivity index (χ1v) is 10.5. The average molecular weight is 444 g/mol. The molecule has 2 N–H and O–H groups in total. The SMILES string of the molecule is O=C(O)c1cc(C=C(Cc2ncc[nH]2)c2ccc(F)cc2)ccc1CCc1ccc(F)cc1. The molecule has 33 heavy (non-hydrogen) atoms. The molecule has 4 rings (SSSR count). The first kappa shape index (κ1) is 22.1. The number of imidazole rings is 1. The van der Waals surface area contributed by atoms with Crippen molar-refractivity contribution in [2.45, 2.75) is 19.3 Å². The number of aromatic amines is 1. The van der Waals surface area contributed by atoms with Gasteiger partial charge in [-0.25, -0.2) is 18.6 Å². The summed E-state index contributed by atoms with van der Waals surface area (Å²) in [5.41, 5.74) is 4.30. The van der Waals surface area contributed by atoms with E-state index in [1.165, 1.54) is 24.3 Å². The molecular formula is C27H22F2N2O2. The third-order valence-corrected chi connectivity index (χ3v) is 5.43. The molecule has 0 atom stereocenters. The van der Waals surface area contributed by atoms with Gasteiger partial charge >= 0.3 is 5.97 Å². The summed E-state index contributed by atoms with van der Waals surface area (Å²) in [6.45, 7) is 0. The van der Waals surface area contributed by atoms with Crippen LogP contribution >= 0.6 is 0 Å². The quantitative estimate of drug-likeness (QED) is 0.330. The van der Waals surface area contributed by atoms with Crippen molar-refractivity contribution >= 4 is 17.6 Å². The Labute approximate surface area is 190 Å². The predicted octanol–water partition coefficient (Wildman–Crippen LogP) is 5.95. The predicted molar refractivity (Wildman–Crippen MR) is 124 cm³/mol. The van der Waals surface area contributed by atoms with Crippen LogP contribution in [-0.2, 0) is 19.3 Å². The van der Waals surface area contributed by atoms with E-state index in [2.05, 4.69) is 9.97 Å². The van der Waals surface area contributed by atoms with Gasteiger partial charge in [0.25, 0.3) is 0 Å². The van der Waals surface area contributed by atoms with Gasteiger partial charge in [-0.2, -0.15) is 0 Å². The lowest BCUT2D eigenvalue weighted by Crippen LogP contribution is -2.04. The van der Waals surface area contributed by atoms with Crippen LogP contribution in [0.1, 0.15) is 38.4 Å². The zero-order valence-corrected chi connectivity index (χ0v) is 17.8. The molecule has 3 aromatic carbocycles. The van der Waals surface area contributed by atoms with Crippen molar-refractivity contribution in [3.63, 3.8) is 0 Å². The van der Waals surface area contributed by atoms with E-state index >= 15 is 0 Å². The number of H-pyrrole nitrogens is 1. The molecule has 1 aromatic heterocycles. The number of carbonyl (C=O) groups is 1. The van der Waals surface area contributed by atoms with E-state index in [-0.39, 0.29) is 17.2 Å². The Morgan fingerprint density at radius 3 is 2.27 bits per heavy atom. The van der Waals surface area contributed by atoms with E-state index in [9.17, 15) is 18.7 Å². The first-order valence-electron chi connectivity index (χ1n) is 10.5. The molecule has 6 heteroatoms. The molecule has 0 unspecified atom stereocenters. The van der Waals surface area contributed by atoms with Crippen molar-refractivity contribution in [3.05, 3.63) is 124 Å². The molecule has 0 aliphatic rings. The van der Waals surface area contributed by atoms with Crippen molar-refractivity contribution < 1.29 is 18.7 Å². The Kier molecular flexibility index (Phi) is 6.74. The van der Waals surface area contributed by atoms with Crippen molar-refractivity contribution in [3.8, 4) is 0 Å². The summed E-state index contributed by atoms with van der Waals surface area (Å²) in [7, 11) is 0. The van der Waals surface area contributed by atoms with Crippen LogP contribution in [0, 0.1) is 11.6 Å². The van der Waals surface area contributed by atoms with Crippen LogP contribution in [0.5, 0.6) is 0 Å². The third kappa shape index (κ3) is 5.80. The zero-order chi connectivity index (χ0) is 23.2. The number of rotatable bonds is 8. The van der Waals surface area contributed by atoms with Crippen LogP contribution in [0.4, 0.5) is 8.78 Å². The molecule has 4 aromatic rings. The summed E-state index contributed by atoms with van der Waals surface area (Å²) in [6.07, 6.45) is 6.90. The van der Waals surface area contributed by atoms with Crippen LogP contribution < -0.4 is 0 Å². The monoisotopic (exact) mass is 444 g/mol. The van der Waals surface area contributed by atoms with E-state index in [0.29, 0.717) is 24.8 Å². The summed E-state index contributed by atoms with van der Waals surface area (Å²) >= 11 is 0. The Hall–Kier alpha value is -4.06. The van der Waals surface area contributed by atoms with Gasteiger partial charge in [0, 0.05) is 18.8 Å². The number of nitrogens with zero attached hydrogens (tertiary/aromatic N) is 1. The number of hydrogen-bond acceptors (Lipinski definition) is 2. The molecule has 0 amide bonds. The van der Waals surface area contributed by atoms with E-state index in [1.807, 2.05) is 18.2 Å². The first-order chi connectivity index (χ1) is 16.0. The summed E-state index contributed by atoms with van der Waals surface area (Å²) in [4.78, 5) is 19.3. The number of hydrogen-bond donors (Lipinski definition) is 2. The smallest absolute Gasteiger partial charge is 0.335 e. The van der Waals surface area contributed by atoms with Gasteiger partial charge < -0.3 is 10.1 Å². The second-order valence-corrected chi connectivity index (χ2v) is 7.74. The lowest BCUT2D eigenvalue weighted by molar-refractivity contribution is 0.0695. The highest BCUT2D eigenvalue weighted by molar-refractivity contribution is 5.91. The number of carboxylic acids is 1. The normalized spacial score (nSPS) is 11.5. The Bertz CT molecular complexity index is 1260. The fraction of sp³-hybridized carbons (Fsp3) is 0.111. The lowest BCUT2D eigenvalue weighted by Gasteiger charge is -2.10. The van der Waals surface area contributed by atoms with Crippen molar-refractivity contribution in [2.24, 2.45) is 0 Å². The summed E-state index contributed by atoms with van der Waals surface area (Å²) in [5.74, 6) is -0.879. The molecule has 1 heterocycles. The molecule has 4 nitrogen and oxygen atoms in total. The molecule has 0 bridgehead atoms. The number of aromatic carboxylic acids is 1. The Balaban J connectivity index is 1.63. The molecule has 0 radical (unpaired) electrons. The second kappa shape index (κ2) is 10.0. The van der Waals surface area contributed by atoms with Crippen LogP contribution in [-0.4, -0.2) is 21.0 Å². The maximum atomic E-state index is 13.4. The molecule has 0 aliphatic heterocycles. The minimum atomic E-state index is -1.01. The zero-order valence-electron chi connectivity index (χ0n) is 17.8. The number of carboxylic acid groups (broad SMARTS) is 1. The maximum Gasteiger partial charge on any atom is 0.335 e. The number of halogens is 2. The number of nitrogens with one attached hydrogen (secondary N) is 1. The van der Waals surface area contributed by atoms with E-state index in [0.717, 1.165) is 28.1 Å². The van der Waals surface area contributed by atoms with Gasteiger partial charge in [0.2, 0.25) is 0 Å². The van der Waals surface area contributed by atoms with Crippen LogP contribution in [0.3, 0.4) is 0 Å². The molecule has 166 valence electrons. The fourth-order valence-corrected chi connectivity index (χ4v) is 3.71. The Morgan fingerprint density at radius 2 is 1.64 bits per heavy atom. The van der Waals surface area contributed by atoms with Gasteiger partial charge in [-0.3, -0.25) is 0 Å². The lowest BCUT2D eigenvalue weighted by atomic mass is 9.95. The molecule has 0 fully saturated rings. The van der Waals surface area contributed by atoms with Gasteiger partial charge in [0.1, 0.15) is 17.5 Å². The molecular weight excluding hydrogens is 422 g/mol. The molecule has 0 aliphatic carbocycles. The van der Waals surface area contributed by atoms with Crippen LogP contribution in [0.25, 0.3) is 11.6 Å². The maximum absolute atomic E-state index is 13.4. The highest BCUT2D eigenvalue weighted by atomic mass is 19.1. The standard InChI is InChI=1S/C27H22F2N2O2/c28-23-9-3-18(4-10-23)1-5-21-6-2-19(16-25(21)27(32)33)15-22(17-26-30-13-14-31-26)20-7-11-24(29)12-8-20/h2-4,6-16H,1,5,17H2,(H,30,31)(H,32,33). The summed E-state index contributed by atoms with van der Waals surface area (Å²) in [6, 6.07) is 17.7. The van der Waals surface area contributed by atoms with Gasteiger partial charge in [-0.15, -0.1) is 0 Å². The minimum Gasteiger partial charge on any atom is -0.478 e. The topological polar surface area (TPSA) is 66.0 Å². The van der Waals surface area contributed by atoms with E-state index in [4.69, 9.17) is 0 Å². The number of aromatic nitrogens is 2. The van der Waals surface area contributed by atoms with Crippen molar-refractivity contribution in [1.82, 2.24) is 9.97 Å². The largest absolute Gasteiger partial charge is 0.478 e. The molecule has 0 spiro atoms. The van der Waals surface area contributed by atoms with Crippen LogP contribution in [0.15, 0.2) is 79.1 Å². The summed E-state index contributed by atoms with van der Waals surface area (Å²) in [5, 5.41) is 9.79. The highest BCUT2D eigenvalue weighted by Gasteiger charge is 2.12. The number of aryl methyl sites for hydroxylation is 2.